The van der Waals surface area contributed by atoms with Crippen LogP contribution in [-0.4, -0.2) is 42.7 Å². The van der Waals surface area contributed by atoms with E-state index in [0.29, 0.717) is 24.3 Å². The van der Waals surface area contributed by atoms with Crippen molar-refractivity contribution in [1.29, 1.82) is 0 Å². The number of rotatable bonds is 8. The van der Waals surface area contributed by atoms with E-state index in [0.717, 1.165) is 43.1 Å². The lowest BCUT2D eigenvalue weighted by Crippen LogP contribution is -2.36. The van der Waals surface area contributed by atoms with Gasteiger partial charge < -0.3 is 14.5 Å². The average Bonchev–Trinajstić information content (AvgIpc) is 2.70. The molecule has 1 atom stereocenters. The first kappa shape index (κ1) is 19.4. The monoisotopic (exact) mass is 388 g/mol. The number of piperidine rings is 1. The maximum Gasteiger partial charge on any atom is 0.151 e. The molecular weight excluding hydrogens is 364 g/mol. The second kappa shape index (κ2) is 10.1. The van der Waals surface area contributed by atoms with Gasteiger partial charge in [0.05, 0.1) is 12.8 Å². The van der Waals surface area contributed by atoms with Crippen LogP contribution in [0.3, 0.4) is 0 Å². The van der Waals surface area contributed by atoms with Gasteiger partial charge in [0.25, 0.3) is 0 Å². The largest absolute Gasteiger partial charge is 0.494 e. The van der Waals surface area contributed by atoms with Crippen molar-refractivity contribution in [3.63, 3.8) is 0 Å². The molecule has 0 radical (unpaired) electrons. The van der Waals surface area contributed by atoms with Gasteiger partial charge in [-0.3, -0.25) is 0 Å². The minimum Gasteiger partial charge on any atom is -0.494 e. The van der Waals surface area contributed by atoms with Crippen molar-refractivity contribution >= 4 is 23.6 Å². The normalized spacial score (nSPS) is 17.3. The fraction of sp³-hybridized carbons (Fsp3) is 0.450. The van der Waals surface area contributed by atoms with Gasteiger partial charge in [-0.15, -0.1) is 10.2 Å². The molecule has 1 unspecified atom stereocenters. The molecule has 0 bridgehead atoms. The maximum absolute atomic E-state index is 5.91. The SMILES string of the molecule is CCO/N=C/c1ccc(OCCC2CCCN(c3ccc(Cl)nn3)C2)cc1. The summed E-state index contributed by atoms with van der Waals surface area (Å²) in [5.74, 6) is 2.36. The summed E-state index contributed by atoms with van der Waals surface area (Å²) in [6.45, 7) is 5.17. The highest BCUT2D eigenvalue weighted by molar-refractivity contribution is 6.29. The number of halogens is 1. The Balaban J connectivity index is 1.44. The van der Waals surface area contributed by atoms with Crippen LogP contribution in [-0.2, 0) is 4.84 Å². The molecule has 6 nitrogen and oxygen atoms in total. The fourth-order valence-corrected chi connectivity index (χ4v) is 3.25. The van der Waals surface area contributed by atoms with E-state index in [1.165, 1.54) is 6.42 Å². The number of anilines is 1. The Morgan fingerprint density at radius 3 is 2.81 bits per heavy atom. The molecule has 0 aliphatic carbocycles. The van der Waals surface area contributed by atoms with Gasteiger partial charge in [0.1, 0.15) is 12.4 Å². The molecule has 2 heterocycles. The molecule has 1 saturated heterocycles. The van der Waals surface area contributed by atoms with Gasteiger partial charge in [-0.1, -0.05) is 16.8 Å². The van der Waals surface area contributed by atoms with E-state index in [1.807, 2.05) is 37.3 Å². The summed E-state index contributed by atoms with van der Waals surface area (Å²) in [5.41, 5.74) is 0.989. The van der Waals surface area contributed by atoms with Crippen LogP contribution in [0.15, 0.2) is 41.6 Å². The molecule has 1 aliphatic rings. The molecular formula is C20H25ClN4O2. The highest BCUT2D eigenvalue weighted by Crippen LogP contribution is 2.24. The average molecular weight is 389 g/mol. The molecule has 3 rings (SSSR count). The number of benzene rings is 1. The summed E-state index contributed by atoms with van der Waals surface area (Å²) in [4.78, 5) is 7.25. The van der Waals surface area contributed by atoms with Crippen LogP contribution in [0.5, 0.6) is 5.75 Å². The van der Waals surface area contributed by atoms with Crippen LogP contribution in [0.1, 0.15) is 31.7 Å². The van der Waals surface area contributed by atoms with Gasteiger partial charge in [-0.2, -0.15) is 0 Å². The van der Waals surface area contributed by atoms with Crippen LogP contribution >= 0.6 is 11.6 Å². The van der Waals surface area contributed by atoms with Crippen molar-refractivity contribution in [2.24, 2.45) is 11.1 Å². The Hall–Kier alpha value is -2.34. The molecule has 144 valence electrons. The van der Waals surface area contributed by atoms with Gasteiger partial charge in [0.15, 0.2) is 11.0 Å². The van der Waals surface area contributed by atoms with Crippen molar-refractivity contribution < 1.29 is 9.57 Å². The third kappa shape index (κ3) is 6.10. The van der Waals surface area contributed by atoms with Gasteiger partial charge in [-0.05, 0) is 74.1 Å². The molecule has 27 heavy (non-hydrogen) atoms. The zero-order chi connectivity index (χ0) is 18.9. The Labute approximate surface area is 165 Å². The molecule has 1 aromatic heterocycles. The molecule has 1 aromatic carbocycles. The predicted octanol–water partition coefficient (Wildman–Crippen LogP) is 4.19. The number of aromatic nitrogens is 2. The van der Waals surface area contributed by atoms with E-state index < -0.39 is 0 Å². The standard InChI is InChI=1S/C20H25ClN4O2/c1-2-27-22-14-16-5-7-18(8-6-16)26-13-11-17-4-3-12-25(15-17)20-10-9-19(21)23-24-20/h5-10,14,17H,2-4,11-13,15H2,1H3/b22-14+. The molecule has 0 amide bonds. The van der Waals surface area contributed by atoms with Crippen LogP contribution in [0.4, 0.5) is 5.82 Å². The minimum atomic E-state index is 0.427. The van der Waals surface area contributed by atoms with E-state index in [1.54, 1.807) is 12.3 Å². The van der Waals surface area contributed by atoms with Crippen LogP contribution in [0.25, 0.3) is 0 Å². The first-order chi connectivity index (χ1) is 13.2. The van der Waals surface area contributed by atoms with Gasteiger partial charge >= 0.3 is 0 Å². The number of nitrogens with zero attached hydrogens (tertiary/aromatic N) is 4. The van der Waals surface area contributed by atoms with Crippen LogP contribution < -0.4 is 9.64 Å². The number of hydrogen-bond donors (Lipinski definition) is 0. The van der Waals surface area contributed by atoms with Crippen LogP contribution in [0, 0.1) is 5.92 Å². The topological polar surface area (TPSA) is 59.8 Å². The number of hydrogen-bond acceptors (Lipinski definition) is 6. The van der Waals surface area contributed by atoms with E-state index in [4.69, 9.17) is 21.2 Å². The quantitative estimate of drug-likeness (QED) is 0.501. The summed E-state index contributed by atoms with van der Waals surface area (Å²) < 4.78 is 5.91. The molecule has 0 N–H and O–H groups in total. The Kier molecular flexibility index (Phi) is 7.27. The van der Waals surface area contributed by atoms with Crippen molar-refractivity contribution in [2.45, 2.75) is 26.2 Å². The van der Waals surface area contributed by atoms with Crippen molar-refractivity contribution in [1.82, 2.24) is 10.2 Å². The zero-order valence-electron chi connectivity index (χ0n) is 15.6. The third-order valence-electron chi connectivity index (χ3n) is 4.54. The lowest BCUT2D eigenvalue weighted by atomic mass is 9.95. The van der Waals surface area contributed by atoms with E-state index in [2.05, 4.69) is 20.3 Å². The maximum atomic E-state index is 5.91. The summed E-state index contributed by atoms with van der Waals surface area (Å²) in [6.07, 6.45) is 5.09. The van der Waals surface area contributed by atoms with Crippen LogP contribution in [0.2, 0.25) is 5.15 Å². The Morgan fingerprint density at radius 1 is 1.22 bits per heavy atom. The highest BCUT2D eigenvalue weighted by atomic mass is 35.5. The van der Waals surface area contributed by atoms with Gasteiger partial charge in [-0.25, -0.2) is 0 Å². The minimum absolute atomic E-state index is 0.427. The smallest absolute Gasteiger partial charge is 0.151 e. The predicted molar refractivity (Wildman–Crippen MR) is 108 cm³/mol. The Morgan fingerprint density at radius 2 is 2.07 bits per heavy atom. The molecule has 1 fully saturated rings. The molecule has 0 saturated carbocycles. The lowest BCUT2D eigenvalue weighted by molar-refractivity contribution is 0.160. The number of oxime groups is 1. The zero-order valence-corrected chi connectivity index (χ0v) is 16.3. The summed E-state index contributed by atoms with van der Waals surface area (Å²) >= 11 is 5.83. The first-order valence-electron chi connectivity index (χ1n) is 9.37. The van der Waals surface area contributed by atoms with E-state index in [-0.39, 0.29) is 0 Å². The van der Waals surface area contributed by atoms with Gasteiger partial charge in [0, 0.05) is 13.1 Å². The Bertz CT molecular complexity index is 722. The van der Waals surface area contributed by atoms with Crippen molar-refractivity contribution in [3.05, 3.63) is 47.1 Å². The second-order valence-corrected chi connectivity index (χ2v) is 6.91. The highest BCUT2D eigenvalue weighted by Gasteiger charge is 2.21. The summed E-state index contributed by atoms with van der Waals surface area (Å²) in [5, 5.41) is 12.4. The molecule has 2 aromatic rings. The van der Waals surface area contributed by atoms with E-state index in [9.17, 15) is 0 Å². The second-order valence-electron chi connectivity index (χ2n) is 6.53. The molecule has 0 spiro atoms. The van der Waals surface area contributed by atoms with Crippen molar-refractivity contribution in [3.8, 4) is 5.75 Å². The first-order valence-corrected chi connectivity index (χ1v) is 9.75. The molecule has 7 heteroatoms. The van der Waals surface area contributed by atoms with E-state index >= 15 is 0 Å². The lowest BCUT2D eigenvalue weighted by Gasteiger charge is -2.33. The third-order valence-corrected chi connectivity index (χ3v) is 4.74. The summed E-state index contributed by atoms with van der Waals surface area (Å²) in [6, 6.07) is 11.6. The van der Waals surface area contributed by atoms with Crippen molar-refractivity contribution in [2.75, 3.05) is 31.2 Å². The van der Waals surface area contributed by atoms with Gasteiger partial charge in [0.2, 0.25) is 0 Å². The number of ether oxygens (including phenoxy) is 1. The summed E-state index contributed by atoms with van der Waals surface area (Å²) in [7, 11) is 0. The molecule has 1 aliphatic heterocycles. The fourth-order valence-electron chi connectivity index (χ4n) is 3.15.